The third-order valence-corrected chi connectivity index (χ3v) is 3.54. The molecular formula is C11H23N3O. The van der Waals surface area contributed by atoms with Crippen molar-refractivity contribution in [2.45, 2.75) is 32.2 Å². The molecule has 0 aromatic rings. The summed E-state index contributed by atoms with van der Waals surface area (Å²) >= 11 is 0. The van der Waals surface area contributed by atoms with Gasteiger partial charge in [0.2, 0.25) is 5.91 Å². The van der Waals surface area contributed by atoms with E-state index in [0.29, 0.717) is 12.0 Å². The summed E-state index contributed by atoms with van der Waals surface area (Å²) in [6.45, 7) is 3.38. The van der Waals surface area contributed by atoms with Crippen LogP contribution < -0.4 is 11.5 Å². The van der Waals surface area contributed by atoms with E-state index in [9.17, 15) is 4.79 Å². The number of carbonyl (C=O) groups is 1. The van der Waals surface area contributed by atoms with Gasteiger partial charge in [0, 0.05) is 18.5 Å². The van der Waals surface area contributed by atoms with Gasteiger partial charge in [-0.3, -0.25) is 4.79 Å². The van der Waals surface area contributed by atoms with E-state index in [1.807, 2.05) is 6.92 Å². The molecule has 0 aromatic carbocycles. The Kier molecular flexibility index (Phi) is 4.54. The maximum atomic E-state index is 11.0. The Hall–Kier alpha value is -0.610. The Bertz CT molecular complexity index is 220. The number of rotatable bonds is 5. The maximum absolute atomic E-state index is 11.0. The summed E-state index contributed by atoms with van der Waals surface area (Å²) in [5.41, 5.74) is 11.0. The molecular weight excluding hydrogens is 190 g/mol. The zero-order chi connectivity index (χ0) is 11.4. The van der Waals surface area contributed by atoms with Crippen LogP contribution in [0.4, 0.5) is 0 Å². The van der Waals surface area contributed by atoms with Crippen molar-refractivity contribution in [3.05, 3.63) is 0 Å². The van der Waals surface area contributed by atoms with Crippen molar-refractivity contribution in [2.24, 2.45) is 23.3 Å². The van der Waals surface area contributed by atoms with Crippen LogP contribution in [0.3, 0.4) is 0 Å². The Labute approximate surface area is 92.0 Å². The SMILES string of the molecule is CC(CN(C)C1CCCC1CN)C(N)=O. The summed E-state index contributed by atoms with van der Waals surface area (Å²) in [6.07, 6.45) is 3.67. The highest BCUT2D eigenvalue weighted by molar-refractivity contribution is 5.76. The summed E-state index contributed by atoms with van der Waals surface area (Å²) in [4.78, 5) is 13.2. The van der Waals surface area contributed by atoms with Crippen molar-refractivity contribution in [1.29, 1.82) is 0 Å². The van der Waals surface area contributed by atoms with Gasteiger partial charge in [-0.1, -0.05) is 13.3 Å². The maximum Gasteiger partial charge on any atom is 0.221 e. The number of nitrogens with zero attached hydrogens (tertiary/aromatic N) is 1. The Morgan fingerprint density at radius 2 is 2.20 bits per heavy atom. The van der Waals surface area contributed by atoms with E-state index in [1.165, 1.54) is 19.3 Å². The van der Waals surface area contributed by atoms with Crippen LogP contribution in [0.5, 0.6) is 0 Å². The molecule has 1 aliphatic carbocycles. The second-order valence-corrected chi connectivity index (χ2v) is 4.74. The molecule has 3 unspecified atom stereocenters. The van der Waals surface area contributed by atoms with Crippen LogP contribution in [0.2, 0.25) is 0 Å². The number of primary amides is 1. The molecule has 0 bridgehead atoms. The molecule has 0 aromatic heterocycles. The van der Waals surface area contributed by atoms with E-state index in [4.69, 9.17) is 11.5 Å². The highest BCUT2D eigenvalue weighted by Gasteiger charge is 2.30. The Morgan fingerprint density at radius 1 is 1.53 bits per heavy atom. The molecule has 1 rings (SSSR count). The van der Waals surface area contributed by atoms with Crippen LogP contribution in [-0.4, -0.2) is 37.0 Å². The molecule has 0 aliphatic heterocycles. The monoisotopic (exact) mass is 213 g/mol. The fourth-order valence-corrected chi connectivity index (χ4v) is 2.53. The second-order valence-electron chi connectivity index (χ2n) is 4.74. The van der Waals surface area contributed by atoms with E-state index in [0.717, 1.165) is 13.1 Å². The van der Waals surface area contributed by atoms with Gasteiger partial charge >= 0.3 is 0 Å². The molecule has 4 N–H and O–H groups in total. The minimum absolute atomic E-state index is 0.0750. The molecule has 0 saturated heterocycles. The molecule has 4 nitrogen and oxygen atoms in total. The minimum atomic E-state index is -0.218. The first-order valence-electron chi connectivity index (χ1n) is 5.76. The summed E-state index contributed by atoms with van der Waals surface area (Å²) in [5, 5.41) is 0. The van der Waals surface area contributed by atoms with Gasteiger partial charge in [-0.15, -0.1) is 0 Å². The van der Waals surface area contributed by atoms with Crippen molar-refractivity contribution < 1.29 is 4.79 Å². The predicted molar refractivity (Wildman–Crippen MR) is 61.2 cm³/mol. The lowest BCUT2D eigenvalue weighted by Crippen LogP contribution is -2.42. The zero-order valence-electron chi connectivity index (χ0n) is 9.78. The van der Waals surface area contributed by atoms with Gasteiger partial charge in [-0.2, -0.15) is 0 Å². The standard InChI is InChI=1S/C11H23N3O/c1-8(11(13)15)7-14(2)10-5-3-4-9(10)6-12/h8-10H,3-7,12H2,1-2H3,(H2,13,15). The number of hydrogen-bond acceptors (Lipinski definition) is 3. The normalized spacial score (nSPS) is 28.3. The summed E-state index contributed by atoms with van der Waals surface area (Å²) in [6, 6.07) is 0.539. The number of carbonyl (C=O) groups excluding carboxylic acids is 1. The van der Waals surface area contributed by atoms with E-state index in [1.54, 1.807) is 0 Å². The number of amides is 1. The van der Waals surface area contributed by atoms with Crippen LogP contribution in [0.15, 0.2) is 0 Å². The van der Waals surface area contributed by atoms with Crippen LogP contribution in [0, 0.1) is 11.8 Å². The first-order chi connectivity index (χ1) is 7.06. The zero-order valence-corrected chi connectivity index (χ0v) is 9.78. The minimum Gasteiger partial charge on any atom is -0.369 e. The van der Waals surface area contributed by atoms with Crippen molar-refractivity contribution in [3.8, 4) is 0 Å². The predicted octanol–water partition coefficient (Wildman–Crippen LogP) is 0.167. The highest BCUT2D eigenvalue weighted by Crippen LogP contribution is 2.28. The van der Waals surface area contributed by atoms with Gasteiger partial charge in [-0.25, -0.2) is 0 Å². The van der Waals surface area contributed by atoms with Crippen LogP contribution in [0.1, 0.15) is 26.2 Å². The van der Waals surface area contributed by atoms with Gasteiger partial charge in [0.25, 0.3) is 0 Å². The van der Waals surface area contributed by atoms with Crippen molar-refractivity contribution in [1.82, 2.24) is 4.90 Å². The molecule has 0 heterocycles. The summed E-state index contributed by atoms with van der Waals surface area (Å²) < 4.78 is 0. The van der Waals surface area contributed by atoms with Crippen LogP contribution >= 0.6 is 0 Å². The first kappa shape index (κ1) is 12.5. The van der Waals surface area contributed by atoms with Gasteiger partial charge in [-0.05, 0) is 32.4 Å². The van der Waals surface area contributed by atoms with Gasteiger partial charge in [0.05, 0.1) is 0 Å². The third kappa shape index (κ3) is 3.18. The topological polar surface area (TPSA) is 72.3 Å². The van der Waals surface area contributed by atoms with E-state index in [-0.39, 0.29) is 11.8 Å². The van der Waals surface area contributed by atoms with Gasteiger partial charge in [0.15, 0.2) is 0 Å². The lowest BCUT2D eigenvalue weighted by Gasteiger charge is -2.30. The van der Waals surface area contributed by atoms with E-state index >= 15 is 0 Å². The number of hydrogen-bond donors (Lipinski definition) is 2. The first-order valence-corrected chi connectivity index (χ1v) is 5.76. The molecule has 0 spiro atoms. The molecule has 1 amide bonds. The lowest BCUT2D eigenvalue weighted by molar-refractivity contribution is -0.121. The number of nitrogens with two attached hydrogens (primary N) is 2. The van der Waals surface area contributed by atoms with Gasteiger partial charge in [0.1, 0.15) is 0 Å². The fourth-order valence-electron chi connectivity index (χ4n) is 2.53. The lowest BCUT2D eigenvalue weighted by atomic mass is 10.0. The molecule has 88 valence electrons. The molecule has 1 aliphatic rings. The van der Waals surface area contributed by atoms with Crippen LogP contribution in [0.25, 0.3) is 0 Å². The van der Waals surface area contributed by atoms with Crippen molar-refractivity contribution in [3.63, 3.8) is 0 Å². The molecule has 0 radical (unpaired) electrons. The molecule has 3 atom stereocenters. The Balaban J connectivity index is 2.45. The fraction of sp³-hybridized carbons (Fsp3) is 0.909. The van der Waals surface area contributed by atoms with E-state index < -0.39 is 0 Å². The molecule has 15 heavy (non-hydrogen) atoms. The van der Waals surface area contributed by atoms with Crippen molar-refractivity contribution in [2.75, 3.05) is 20.1 Å². The second kappa shape index (κ2) is 5.47. The summed E-state index contributed by atoms with van der Waals surface area (Å²) in [5.74, 6) is 0.299. The quantitative estimate of drug-likeness (QED) is 0.683. The van der Waals surface area contributed by atoms with E-state index in [2.05, 4.69) is 11.9 Å². The van der Waals surface area contributed by atoms with Crippen LogP contribution in [-0.2, 0) is 4.79 Å². The van der Waals surface area contributed by atoms with Crippen molar-refractivity contribution >= 4 is 5.91 Å². The molecule has 4 heteroatoms. The van der Waals surface area contributed by atoms with Gasteiger partial charge < -0.3 is 16.4 Å². The average molecular weight is 213 g/mol. The Morgan fingerprint density at radius 3 is 2.73 bits per heavy atom. The molecule has 1 saturated carbocycles. The average Bonchev–Trinajstić information content (AvgIpc) is 2.64. The summed E-state index contributed by atoms with van der Waals surface area (Å²) in [7, 11) is 2.07. The highest BCUT2D eigenvalue weighted by atomic mass is 16.1. The molecule has 1 fully saturated rings. The largest absolute Gasteiger partial charge is 0.369 e. The smallest absolute Gasteiger partial charge is 0.221 e. The third-order valence-electron chi connectivity index (χ3n) is 3.54.